The van der Waals surface area contributed by atoms with E-state index in [-0.39, 0.29) is 11.7 Å². The zero-order valence-electron chi connectivity index (χ0n) is 13.9. The number of rotatable bonds is 5. The average Bonchev–Trinajstić information content (AvgIpc) is 3.33. The number of nitrogens with zero attached hydrogens (tertiary/aromatic N) is 2. The number of benzene rings is 2. The third-order valence-corrected chi connectivity index (χ3v) is 4.26. The second-order valence-corrected chi connectivity index (χ2v) is 6.01. The summed E-state index contributed by atoms with van der Waals surface area (Å²) in [6.45, 7) is 0.498. The van der Waals surface area contributed by atoms with E-state index in [0.29, 0.717) is 29.6 Å². The summed E-state index contributed by atoms with van der Waals surface area (Å²) in [5.41, 5.74) is 3.08. The van der Waals surface area contributed by atoms with Gasteiger partial charge in [-0.2, -0.15) is 5.10 Å². The van der Waals surface area contributed by atoms with Gasteiger partial charge >= 0.3 is 0 Å². The highest BCUT2D eigenvalue weighted by Gasteiger charge is 2.11. The molecule has 0 radical (unpaired) electrons. The molecule has 0 aliphatic heterocycles. The van der Waals surface area contributed by atoms with Gasteiger partial charge in [-0.05, 0) is 48.4 Å². The maximum Gasteiger partial charge on any atom is 0.267 e. The molecule has 0 fully saturated rings. The molecule has 0 saturated heterocycles. The van der Waals surface area contributed by atoms with Crippen molar-refractivity contribution in [2.75, 3.05) is 6.54 Å². The van der Waals surface area contributed by atoms with Gasteiger partial charge in [0.1, 0.15) is 11.5 Å². The summed E-state index contributed by atoms with van der Waals surface area (Å²) < 4.78 is 15.5. The molecule has 0 aliphatic carbocycles. The fourth-order valence-corrected chi connectivity index (χ4v) is 2.89. The number of carbonyl (C=O) groups is 1. The summed E-state index contributed by atoms with van der Waals surface area (Å²) in [6, 6.07) is 16.2. The van der Waals surface area contributed by atoms with E-state index >= 15 is 0 Å². The molecule has 4 aromatic rings. The third-order valence-electron chi connectivity index (χ3n) is 4.26. The van der Waals surface area contributed by atoms with Gasteiger partial charge in [0.05, 0.1) is 5.69 Å². The highest BCUT2D eigenvalue weighted by atomic mass is 19.1. The topological polar surface area (TPSA) is 62.7 Å². The van der Waals surface area contributed by atoms with Crippen LogP contribution >= 0.6 is 0 Å². The largest absolute Gasteiger partial charge is 0.350 e. The molecule has 130 valence electrons. The number of halogens is 1. The molecular formula is C20H17FN4O. The first-order chi connectivity index (χ1) is 12.7. The van der Waals surface area contributed by atoms with E-state index in [2.05, 4.69) is 15.4 Å². The van der Waals surface area contributed by atoms with Gasteiger partial charge in [-0.25, -0.2) is 9.07 Å². The Hall–Kier alpha value is -3.41. The van der Waals surface area contributed by atoms with Crippen molar-refractivity contribution in [3.63, 3.8) is 0 Å². The minimum Gasteiger partial charge on any atom is -0.350 e. The number of H-pyrrole nitrogens is 1. The van der Waals surface area contributed by atoms with Crippen molar-refractivity contribution < 1.29 is 9.18 Å². The Labute approximate surface area is 149 Å². The number of hydrogen-bond donors (Lipinski definition) is 2. The van der Waals surface area contributed by atoms with Gasteiger partial charge < -0.3 is 10.3 Å². The van der Waals surface area contributed by atoms with Crippen LogP contribution in [0.5, 0.6) is 0 Å². The van der Waals surface area contributed by atoms with Crippen LogP contribution in [0.1, 0.15) is 16.1 Å². The van der Waals surface area contributed by atoms with Crippen LogP contribution in [0.15, 0.2) is 67.0 Å². The number of aromatic nitrogens is 3. The van der Waals surface area contributed by atoms with Crippen molar-refractivity contribution in [3.05, 3.63) is 84.1 Å². The van der Waals surface area contributed by atoms with Gasteiger partial charge in [0.25, 0.3) is 5.91 Å². The SMILES string of the molecule is O=C(NCCc1ccc(-n2cccn2)cc1)c1cc2c(F)cccc2[nH]1. The number of amides is 1. The van der Waals surface area contributed by atoms with E-state index < -0.39 is 0 Å². The smallest absolute Gasteiger partial charge is 0.267 e. The number of carbonyl (C=O) groups excluding carboxylic acids is 1. The van der Waals surface area contributed by atoms with Crippen molar-refractivity contribution in [1.82, 2.24) is 20.1 Å². The minimum atomic E-state index is -0.338. The molecule has 0 unspecified atom stereocenters. The molecule has 0 spiro atoms. The predicted molar refractivity (Wildman–Crippen MR) is 97.9 cm³/mol. The number of nitrogens with one attached hydrogen (secondary N) is 2. The lowest BCUT2D eigenvalue weighted by Crippen LogP contribution is -2.25. The van der Waals surface area contributed by atoms with E-state index in [0.717, 1.165) is 11.3 Å². The first-order valence-electron chi connectivity index (χ1n) is 8.35. The monoisotopic (exact) mass is 348 g/mol. The van der Waals surface area contributed by atoms with Gasteiger partial charge in [0, 0.05) is 29.8 Å². The molecule has 0 aliphatic rings. The molecule has 0 bridgehead atoms. The maximum atomic E-state index is 13.7. The van der Waals surface area contributed by atoms with Crippen LogP contribution in [-0.2, 0) is 6.42 Å². The summed E-state index contributed by atoms with van der Waals surface area (Å²) >= 11 is 0. The highest BCUT2D eigenvalue weighted by Crippen LogP contribution is 2.18. The van der Waals surface area contributed by atoms with Crippen LogP contribution in [0, 0.1) is 5.82 Å². The van der Waals surface area contributed by atoms with Crippen LogP contribution < -0.4 is 5.32 Å². The Morgan fingerprint density at radius 2 is 2.00 bits per heavy atom. The summed E-state index contributed by atoms with van der Waals surface area (Å²) in [7, 11) is 0. The molecule has 26 heavy (non-hydrogen) atoms. The van der Waals surface area contributed by atoms with Crippen molar-refractivity contribution >= 4 is 16.8 Å². The number of hydrogen-bond acceptors (Lipinski definition) is 2. The Bertz CT molecular complexity index is 1040. The highest BCUT2D eigenvalue weighted by molar-refractivity contribution is 5.98. The molecule has 2 aromatic heterocycles. The molecule has 1 amide bonds. The van der Waals surface area contributed by atoms with Crippen LogP contribution in [0.25, 0.3) is 16.6 Å². The van der Waals surface area contributed by atoms with E-state index in [1.165, 1.54) is 6.07 Å². The molecule has 0 atom stereocenters. The maximum absolute atomic E-state index is 13.7. The first-order valence-corrected chi connectivity index (χ1v) is 8.35. The Balaban J connectivity index is 1.36. The Kier molecular flexibility index (Phi) is 4.23. The minimum absolute atomic E-state index is 0.242. The van der Waals surface area contributed by atoms with E-state index in [1.54, 1.807) is 29.1 Å². The van der Waals surface area contributed by atoms with Gasteiger partial charge in [-0.3, -0.25) is 4.79 Å². The lowest BCUT2D eigenvalue weighted by atomic mass is 10.1. The lowest BCUT2D eigenvalue weighted by molar-refractivity contribution is 0.0950. The lowest BCUT2D eigenvalue weighted by Gasteiger charge is -2.06. The summed E-state index contributed by atoms with van der Waals surface area (Å²) in [5, 5.41) is 7.47. The normalized spacial score (nSPS) is 11.0. The van der Waals surface area contributed by atoms with Gasteiger partial charge in [0.2, 0.25) is 0 Å². The zero-order valence-corrected chi connectivity index (χ0v) is 13.9. The van der Waals surface area contributed by atoms with Crippen molar-refractivity contribution in [2.24, 2.45) is 0 Å². The molecule has 4 rings (SSSR count). The van der Waals surface area contributed by atoms with Gasteiger partial charge in [-0.15, -0.1) is 0 Å². The van der Waals surface area contributed by atoms with E-state index in [4.69, 9.17) is 0 Å². The predicted octanol–water partition coefficient (Wildman–Crippen LogP) is 3.47. The van der Waals surface area contributed by atoms with Crippen LogP contribution in [-0.4, -0.2) is 27.2 Å². The summed E-state index contributed by atoms with van der Waals surface area (Å²) in [4.78, 5) is 15.2. The molecule has 2 aromatic carbocycles. The van der Waals surface area contributed by atoms with Crippen molar-refractivity contribution in [2.45, 2.75) is 6.42 Å². The van der Waals surface area contributed by atoms with Crippen LogP contribution in [0.4, 0.5) is 4.39 Å². The number of aromatic amines is 1. The average molecular weight is 348 g/mol. The molecule has 6 heteroatoms. The van der Waals surface area contributed by atoms with Crippen LogP contribution in [0.2, 0.25) is 0 Å². The van der Waals surface area contributed by atoms with Crippen LogP contribution in [0.3, 0.4) is 0 Å². The second-order valence-electron chi connectivity index (χ2n) is 6.01. The standard InChI is InChI=1S/C20H17FN4O/c21-17-3-1-4-18-16(17)13-19(24-18)20(26)22-11-9-14-5-7-15(8-6-14)25-12-2-10-23-25/h1-8,10,12-13,24H,9,11H2,(H,22,26). The Morgan fingerprint density at radius 3 is 2.73 bits per heavy atom. The number of fused-ring (bicyclic) bond motifs is 1. The zero-order chi connectivity index (χ0) is 17.9. The third kappa shape index (κ3) is 3.21. The first kappa shape index (κ1) is 16.1. The molecule has 2 N–H and O–H groups in total. The quantitative estimate of drug-likeness (QED) is 0.580. The van der Waals surface area contributed by atoms with E-state index in [9.17, 15) is 9.18 Å². The van der Waals surface area contributed by atoms with Crippen molar-refractivity contribution in [1.29, 1.82) is 0 Å². The van der Waals surface area contributed by atoms with E-state index in [1.807, 2.05) is 36.5 Å². The fourth-order valence-electron chi connectivity index (χ4n) is 2.89. The van der Waals surface area contributed by atoms with Gasteiger partial charge in [0.15, 0.2) is 0 Å². The summed E-state index contributed by atoms with van der Waals surface area (Å²) in [5.74, 6) is -0.580. The van der Waals surface area contributed by atoms with Crippen molar-refractivity contribution in [3.8, 4) is 5.69 Å². The molecular weight excluding hydrogens is 331 g/mol. The summed E-state index contributed by atoms with van der Waals surface area (Å²) in [6.07, 6.45) is 4.33. The molecule has 0 saturated carbocycles. The van der Waals surface area contributed by atoms with Gasteiger partial charge in [-0.1, -0.05) is 18.2 Å². The second kappa shape index (κ2) is 6.84. The molecule has 2 heterocycles. The Morgan fingerprint density at radius 1 is 1.15 bits per heavy atom. The molecule has 5 nitrogen and oxygen atoms in total. The fraction of sp³-hybridized carbons (Fsp3) is 0.100.